The summed E-state index contributed by atoms with van der Waals surface area (Å²) in [5.41, 5.74) is 3.04. The van der Waals surface area contributed by atoms with Gasteiger partial charge in [-0.25, -0.2) is 0 Å². The number of hydrogen-bond acceptors (Lipinski definition) is 0. The van der Waals surface area contributed by atoms with Crippen molar-refractivity contribution < 1.29 is 0 Å². The SMILES string of the molecule is CCC/C=C(\C)CC.CCC/C=C(\C)CC. The Morgan fingerprint density at radius 2 is 1.00 bits per heavy atom. The molecule has 0 aromatic heterocycles. The van der Waals surface area contributed by atoms with Crippen LogP contribution >= 0.6 is 0 Å². The normalized spacial score (nSPS) is 12.1. The summed E-state index contributed by atoms with van der Waals surface area (Å²) in [6.45, 7) is 13.2. The van der Waals surface area contributed by atoms with Crippen LogP contribution in [0.5, 0.6) is 0 Å². The minimum absolute atomic E-state index is 1.21. The van der Waals surface area contributed by atoms with Crippen LogP contribution in [0.1, 0.15) is 80.1 Å². The van der Waals surface area contributed by atoms with Crippen LogP contribution < -0.4 is 0 Å². The Hall–Kier alpha value is -0.520. The maximum Gasteiger partial charge on any atom is -0.0351 e. The summed E-state index contributed by atoms with van der Waals surface area (Å²) in [4.78, 5) is 0. The molecule has 96 valence electrons. The van der Waals surface area contributed by atoms with Gasteiger partial charge in [0, 0.05) is 0 Å². The molecule has 0 spiro atoms. The van der Waals surface area contributed by atoms with Gasteiger partial charge in [-0.05, 0) is 39.5 Å². The predicted octanol–water partition coefficient (Wildman–Crippen LogP) is 6.29. The van der Waals surface area contributed by atoms with Crippen molar-refractivity contribution in [2.75, 3.05) is 0 Å². The quantitative estimate of drug-likeness (QED) is 0.465. The lowest BCUT2D eigenvalue weighted by molar-refractivity contribution is 0.934. The first-order valence-electron chi connectivity index (χ1n) is 6.93. The molecule has 0 heterocycles. The zero-order valence-corrected chi connectivity index (χ0v) is 12.4. The molecule has 0 fully saturated rings. The van der Waals surface area contributed by atoms with E-state index in [9.17, 15) is 0 Å². The van der Waals surface area contributed by atoms with Gasteiger partial charge in [0.2, 0.25) is 0 Å². The average molecular weight is 224 g/mol. The van der Waals surface area contributed by atoms with Crippen molar-refractivity contribution in [2.45, 2.75) is 80.1 Å². The second-order valence-electron chi connectivity index (χ2n) is 4.39. The highest BCUT2D eigenvalue weighted by Crippen LogP contribution is 2.01. The molecule has 0 rings (SSSR count). The van der Waals surface area contributed by atoms with Crippen LogP contribution in [0.3, 0.4) is 0 Å². The van der Waals surface area contributed by atoms with Crippen LogP contribution in [0.4, 0.5) is 0 Å². The highest BCUT2D eigenvalue weighted by molar-refractivity contribution is 4.96. The largest absolute Gasteiger partial charge is 0.0856 e. The summed E-state index contributed by atoms with van der Waals surface area (Å²) in [6, 6.07) is 0. The van der Waals surface area contributed by atoms with Crippen LogP contribution in [0, 0.1) is 0 Å². The first-order valence-corrected chi connectivity index (χ1v) is 6.93. The number of allylic oxidation sites excluding steroid dienone is 4. The average Bonchev–Trinajstić information content (AvgIpc) is 2.33. The molecule has 0 atom stereocenters. The molecule has 0 bridgehead atoms. The molecule has 0 nitrogen and oxygen atoms in total. The molecule has 0 aliphatic rings. The van der Waals surface area contributed by atoms with E-state index in [1.54, 1.807) is 0 Å². The van der Waals surface area contributed by atoms with Crippen molar-refractivity contribution in [3.8, 4) is 0 Å². The minimum Gasteiger partial charge on any atom is -0.0856 e. The summed E-state index contributed by atoms with van der Waals surface area (Å²) < 4.78 is 0. The minimum atomic E-state index is 1.21. The van der Waals surface area contributed by atoms with E-state index in [1.807, 2.05) is 0 Å². The Kier molecular flexibility index (Phi) is 16.2. The van der Waals surface area contributed by atoms with E-state index in [4.69, 9.17) is 0 Å². The molecule has 0 saturated heterocycles. The number of hydrogen-bond donors (Lipinski definition) is 0. The Morgan fingerprint density at radius 3 is 1.19 bits per heavy atom. The third-order valence-electron chi connectivity index (χ3n) is 2.68. The molecule has 0 saturated carbocycles. The Bertz CT molecular complexity index is 162. The lowest BCUT2D eigenvalue weighted by Gasteiger charge is -1.91. The van der Waals surface area contributed by atoms with E-state index < -0.39 is 0 Å². The Labute approximate surface area is 104 Å². The molecule has 0 aromatic carbocycles. The zero-order chi connectivity index (χ0) is 12.8. The van der Waals surface area contributed by atoms with Crippen molar-refractivity contribution in [1.82, 2.24) is 0 Å². The van der Waals surface area contributed by atoms with Crippen molar-refractivity contribution in [3.63, 3.8) is 0 Å². The lowest BCUT2D eigenvalue weighted by Crippen LogP contribution is -1.70. The zero-order valence-electron chi connectivity index (χ0n) is 12.4. The maximum atomic E-state index is 2.32. The number of rotatable bonds is 6. The standard InChI is InChI=1S/2C8H16/c2*1-4-6-7-8(3)5-2/h2*7H,4-6H2,1-3H3/b2*8-7+. The van der Waals surface area contributed by atoms with Gasteiger partial charge in [0.1, 0.15) is 0 Å². The molecule has 0 amide bonds. The summed E-state index contributed by atoms with van der Waals surface area (Å²) in [5.74, 6) is 0. The molecule has 0 heteroatoms. The van der Waals surface area contributed by atoms with Gasteiger partial charge >= 0.3 is 0 Å². The third kappa shape index (κ3) is 15.9. The van der Waals surface area contributed by atoms with Crippen molar-refractivity contribution in [1.29, 1.82) is 0 Å². The van der Waals surface area contributed by atoms with Crippen LogP contribution in [0.2, 0.25) is 0 Å². The van der Waals surface area contributed by atoms with Gasteiger partial charge in [0.15, 0.2) is 0 Å². The third-order valence-corrected chi connectivity index (χ3v) is 2.68. The summed E-state index contributed by atoms with van der Waals surface area (Å²) in [7, 11) is 0. The monoisotopic (exact) mass is 224 g/mol. The maximum absolute atomic E-state index is 2.32. The molecule has 16 heavy (non-hydrogen) atoms. The lowest BCUT2D eigenvalue weighted by atomic mass is 10.2. The van der Waals surface area contributed by atoms with Gasteiger partial charge in [-0.3, -0.25) is 0 Å². The molecular weight excluding hydrogens is 192 g/mol. The molecule has 0 N–H and O–H groups in total. The van der Waals surface area contributed by atoms with Gasteiger partial charge in [-0.1, -0.05) is 63.8 Å². The highest BCUT2D eigenvalue weighted by atomic mass is 13.9. The van der Waals surface area contributed by atoms with Crippen LogP contribution in [0.15, 0.2) is 23.3 Å². The first-order chi connectivity index (χ1) is 7.62. The summed E-state index contributed by atoms with van der Waals surface area (Å²) in [5, 5.41) is 0. The van der Waals surface area contributed by atoms with Crippen molar-refractivity contribution >= 4 is 0 Å². The van der Waals surface area contributed by atoms with Gasteiger partial charge in [-0.15, -0.1) is 0 Å². The number of unbranched alkanes of at least 4 members (excludes halogenated alkanes) is 2. The van der Waals surface area contributed by atoms with E-state index in [-0.39, 0.29) is 0 Å². The molecule has 0 aromatic rings. The molecule has 0 aliphatic carbocycles. The summed E-state index contributed by atoms with van der Waals surface area (Å²) in [6.07, 6.45) is 12.1. The highest BCUT2D eigenvalue weighted by Gasteiger charge is 1.80. The molecule has 0 radical (unpaired) electrons. The summed E-state index contributed by atoms with van der Waals surface area (Å²) >= 11 is 0. The van der Waals surface area contributed by atoms with Gasteiger partial charge < -0.3 is 0 Å². The topological polar surface area (TPSA) is 0 Å². The fourth-order valence-electron chi connectivity index (χ4n) is 1.07. The van der Waals surface area contributed by atoms with E-state index >= 15 is 0 Å². The van der Waals surface area contributed by atoms with Crippen molar-refractivity contribution in [2.24, 2.45) is 0 Å². The first kappa shape index (κ1) is 17.9. The second-order valence-corrected chi connectivity index (χ2v) is 4.39. The molecule has 0 unspecified atom stereocenters. The second kappa shape index (κ2) is 14.5. The van der Waals surface area contributed by atoms with Gasteiger partial charge in [0.05, 0.1) is 0 Å². The Balaban J connectivity index is 0. The fourth-order valence-corrected chi connectivity index (χ4v) is 1.07. The van der Waals surface area contributed by atoms with Crippen LogP contribution in [-0.4, -0.2) is 0 Å². The van der Waals surface area contributed by atoms with E-state index in [1.165, 1.54) is 49.7 Å². The van der Waals surface area contributed by atoms with E-state index in [2.05, 4.69) is 53.7 Å². The molecule has 0 aliphatic heterocycles. The van der Waals surface area contributed by atoms with Crippen LogP contribution in [-0.2, 0) is 0 Å². The van der Waals surface area contributed by atoms with E-state index in [0.717, 1.165) is 0 Å². The van der Waals surface area contributed by atoms with Gasteiger partial charge in [-0.2, -0.15) is 0 Å². The fraction of sp³-hybridized carbons (Fsp3) is 0.750. The smallest absolute Gasteiger partial charge is 0.0351 e. The predicted molar refractivity (Wildman–Crippen MR) is 77.9 cm³/mol. The van der Waals surface area contributed by atoms with Crippen molar-refractivity contribution in [3.05, 3.63) is 23.3 Å². The molecular formula is C16H32. The van der Waals surface area contributed by atoms with Crippen LogP contribution in [0.25, 0.3) is 0 Å². The van der Waals surface area contributed by atoms with Gasteiger partial charge in [0.25, 0.3) is 0 Å². The Morgan fingerprint density at radius 1 is 0.688 bits per heavy atom. The van der Waals surface area contributed by atoms with E-state index in [0.29, 0.717) is 0 Å².